The molecule has 1 aromatic heterocycles. The molecule has 10 nitrogen and oxygen atoms in total. The topological polar surface area (TPSA) is 118 Å². The lowest BCUT2D eigenvalue weighted by Gasteiger charge is -2.30. The third kappa shape index (κ3) is 7.85. The van der Waals surface area contributed by atoms with Crippen LogP contribution in [0.15, 0.2) is 35.7 Å². The number of likely N-dealkylation sites (tertiary alicyclic amines) is 1. The fourth-order valence-electron chi connectivity index (χ4n) is 3.89. The van der Waals surface area contributed by atoms with Crippen LogP contribution in [0.4, 0.5) is 5.13 Å². The van der Waals surface area contributed by atoms with Crippen LogP contribution in [-0.4, -0.2) is 85.0 Å². The van der Waals surface area contributed by atoms with Gasteiger partial charge in [-0.05, 0) is 31.9 Å². The first-order chi connectivity index (χ1) is 17.4. The van der Waals surface area contributed by atoms with Crippen LogP contribution >= 0.6 is 11.3 Å². The molecular formula is C25H32N4O6S. The summed E-state index contributed by atoms with van der Waals surface area (Å²) in [5.41, 5.74) is 1.05. The molecule has 0 atom stereocenters. The van der Waals surface area contributed by atoms with E-state index in [4.69, 9.17) is 9.47 Å². The molecule has 1 N–H and O–H groups in total. The number of rotatable bonds is 11. The van der Waals surface area contributed by atoms with Gasteiger partial charge in [0.2, 0.25) is 11.8 Å². The number of thiazole rings is 1. The molecule has 1 saturated heterocycles. The zero-order valence-electron chi connectivity index (χ0n) is 20.6. The van der Waals surface area contributed by atoms with Gasteiger partial charge in [-0.1, -0.05) is 18.2 Å². The number of hydrogen-bond acceptors (Lipinski definition) is 8. The second kappa shape index (κ2) is 13.7. The van der Waals surface area contributed by atoms with E-state index in [0.29, 0.717) is 55.5 Å². The lowest BCUT2D eigenvalue weighted by molar-refractivity contribution is -0.151. The Morgan fingerprint density at radius 3 is 2.56 bits per heavy atom. The second-order valence-electron chi connectivity index (χ2n) is 8.36. The SMILES string of the molecule is CCOC(=O)C1CCN(C(=O)Cc2csc(NC(=O)CN(CCOC)C(=O)c3ccccc3)n2)CC1. The van der Waals surface area contributed by atoms with Gasteiger partial charge in [0.1, 0.15) is 6.54 Å². The number of esters is 1. The van der Waals surface area contributed by atoms with Gasteiger partial charge in [0.25, 0.3) is 5.91 Å². The Balaban J connectivity index is 1.50. The number of carbonyl (C=O) groups excluding carboxylic acids is 4. The summed E-state index contributed by atoms with van der Waals surface area (Å²) in [6.45, 7) is 3.55. The molecule has 0 unspecified atom stereocenters. The summed E-state index contributed by atoms with van der Waals surface area (Å²) in [5.74, 6) is -1.08. The number of carbonyl (C=O) groups is 4. The van der Waals surface area contributed by atoms with Gasteiger partial charge in [0.05, 0.1) is 31.2 Å². The molecule has 11 heteroatoms. The second-order valence-corrected chi connectivity index (χ2v) is 9.22. The van der Waals surface area contributed by atoms with Crippen LogP contribution in [0.3, 0.4) is 0 Å². The maximum absolute atomic E-state index is 12.8. The van der Waals surface area contributed by atoms with Gasteiger partial charge < -0.3 is 24.6 Å². The average molecular weight is 517 g/mol. The molecule has 194 valence electrons. The van der Waals surface area contributed by atoms with Crippen LogP contribution in [0.5, 0.6) is 0 Å². The predicted octanol–water partition coefficient (Wildman–Crippen LogP) is 2.21. The monoisotopic (exact) mass is 516 g/mol. The first kappa shape index (κ1) is 27.3. The molecule has 1 fully saturated rings. The lowest BCUT2D eigenvalue weighted by atomic mass is 9.97. The normalized spacial score (nSPS) is 13.8. The Hall–Kier alpha value is -3.31. The molecular weight excluding hydrogens is 484 g/mol. The fraction of sp³-hybridized carbons (Fsp3) is 0.480. The van der Waals surface area contributed by atoms with Gasteiger partial charge in [-0.2, -0.15) is 0 Å². The van der Waals surface area contributed by atoms with Crippen molar-refractivity contribution in [1.29, 1.82) is 0 Å². The van der Waals surface area contributed by atoms with Gasteiger partial charge in [0.15, 0.2) is 5.13 Å². The summed E-state index contributed by atoms with van der Waals surface area (Å²) in [6, 6.07) is 8.75. The highest BCUT2D eigenvalue weighted by Gasteiger charge is 2.28. The molecule has 0 bridgehead atoms. The molecule has 36 heavy (non-hydrogen) atoms. The third-order valence-corrected chi connectivity index (χ3v) is 6.61. The summed E-state index contributed by atoms with van der Waals surface area (Å²) in [5, 5.41) is 4.81. The Morgan fingerprint density at radius 2 is 1.89 bits per heavy atom. The highest BCUT2D eigenvalue weighted by molar-refractivity contribution is 7.13. The van der Waals surface area contributed by atoms with Crippen molar-refractivity contribution in [2.45, 2.75) is 26.2 Å². The van der Waals surface area contributed by atoms with Crippen LogP contribution in [0.25, 0.3) is 0 Å². The van der Waals surface area contributed by atoms with Gasteiger partial charge >= 0.3 is 5.97 Å². The van der Waals surface area contributed by atoms with Gasteiger partial charge in [0, 0.05) is 37.7 Å². The van der Waals surface area contributed by atoms with Gasteiger partial charge in [-0.3, -0.25) is 19.2 Å². The van der Waals surface area contributed by atoms with Crippen LogP contribution in [-0.2, 0) is 30.3 Å². The van der Waals surface area contributed by atoms with Crippen LogP contribution < -0.4 is 5.32 Å². The van der Waals surface area contributed by atoms with Crippen molar-refractivity contribution in [3.05, 3.63) is 47.0 Å². The molecule has 2 aromatic rings. The standard InChI is InChI=1S/C25H32N4O6S/c1-3-35-24(33)19-9-11-28(12-10-19)22(31)15-20-17-36-25(26-20)27-21(30)16-29(13-14-34-2)23(32)18-7-5-4-6-8-18/h4-8,17,19H,3,9-16H2,1-2H3,(H,26,27,30). The van der Waals surface area contributed by atoms with E-state index in [1.54, 1.807) is 41.5 Å². The Morgan fingerprint density at radius 1 is 1.17 bits per heavy atom. The maximum Gasteiger partial charge on any atom is 0.309 e. The van der Waals surface area contributed by atoms with E-state index in [1.807, 2.05) is 6.07 Å². The van der Waals surface area contributed by atoms with E-state index < -0.39 is 0 Å². The molecule has 3 amide bonds. The van der Waals surface area contributed by atoms with Crippen molar-refractivity contribution in [1.82, 2.24) is 14.8 Å². The predicted molar refractivity (Wildman–Crippen MR) is 135 cm³/mol. The smallest absolute Gasteiger partial charge is 0.309 e. The van der Waals surface area contributed by atoms with Crippen molar-refractivity contribution >= 4 is 40.2 Å². The highest BCUT2D eigenvalue weighted by Crippen LogP contribution is 2.21. The average Bonchev–Trinajstić information content (AvgIpc) is 3.33. The Labute approximate surface area is 214 Å². The summed E-state index contributed by atoms with van der Waals surface area (Å²) in [7, 11) is 1.53. The minimum Gasteiger partial charge on any atom is -0.466 e. The van der Waals surface area contributed by atoms with E-state index in [9.17, 15) is 19.2 Å². The van der Waals surface area contributed by atoms with E-state index in [-0.39, 0.29) is 49.1 Å². The van der Waals surface area contributed by atoms with Crippen molar-refractivity contribution in [2.75, 3.05) is 51.8 Å². The summed E-state index contributed by atoms with van der Waals surface area (Å²) in [6.07, 6.45) is 1.29. The quantitative estimate of drug-likeness (QED) is 0.455. The summed E-state index contributed by atoms with van der Waals surface area (Å²) < 4.78 is 10.2. The number of nitrogens with zero attached hydrogens (tertiary/aromatic N) is 3. The zero-order chi connectivity index (χ0) is 25.9. The van der Waals surface area contributed by atoms with Crippen molar-refractivity contribution < 1.29 is 28.7 Å². The summed E-state index contributed by atoms with van der Waals surface area (Å²) >= 11 is 1.22. The van der Waals surface area contributed by atoms with E-state index >= 15 is 0 Å². The molecule has 0 aliphatic carbocycles. The fourth-order valence-corrected chi connectivity index (χ4v) is 4.61. The van der Waals surface area contributed by atoms with Gasteiger partial charge in [-0.15, -0.1) is 11.3 Å². The zero-order valence-corrected chi connectivity index (χ0v) is 21.4. The minimum absolute atomic E-state index is 0.0697. The number of ether oxygens (including phenoxy) is 2. The highest BCUT2D eigenvalue weighted by atomic mass is 32.1. The van der Waals surface area contributed by atoms with Crippen molar-refractivity contribution in [3.63, 3.8) is 0 Å². The van der Waals surface area contributed by atoms with Crippen molar-refractivity contribution in [2.24, 2.45) is 5.92 Å². The largest absolute Gasteiger partial charge is 0.466 e. The molecule has 1 aliphatic heterocycles. The Bertz CT molecular complexity index is 1040. The molecule has 1 aromatic carbocycles. The molecule has 0 radical (unpaired) electrons. The maximum atomic E-state index is 12.8. The van der Waals surface area contributed by atoms with E-state index in [1.165, 1.54) is 23.3 Å². The van der Waals surface area contributed by atoms with Crippen LogP contribution in [0.1, 0.15) is 35.8 Å². The lowest BCUT2D eigenvalue weighted by Crippen LogP contribution is -2.41. The number of anilines is 1. The number of nitrogens with one attached hydrogen (secondary N) is 1. The molecule has 2 heterocycles. The van der Waals surface area contributed by atoms with Gasteiger partial charge in [-0.25, -0.2) is 4.98 Å². The number of methoxy groups -OCH3 is 1. The number of benzene rings is 1. The number of aromatic nitrogens is 1. The number of hydrogen-bond donors (Lipinski definition) is 1. The first-order valence-electron chi connectivity index (χ1n) is 11.9. The Kier molecular flexibility index (Phi) is 10.4. The van der Waals surface area contributed by atoms with Crippen LogP contribution in [0.2, 0.25) is 0 Å². The first-order valence-corrected chi connectivity index (χ1v) is 12.8. The number of amides is 3. The summed E-state index contributed by atoms with van der Waals surface area (Å²) in [4.78, 5) is 57.5. The number of piperidine rings is 1. The minimum atomic E-state index is -0.386. The molecule has 3 rings (SSSR count). The van der Waals surface area contributed by atoms with E-state index in [0.717, 1.165) is 0 Å². The molecule has 0 saturated carbocycles. The third-order valence-electron chi connectivity index (χ3n) is 5.81. The van der Waals surface area contributed by atoms with Crippen LogP contribution in [0, 0.1) is 5.92 Å². The van der Waals surface area contributed by atoms with Crippen molar-refractivity contribution in [3.8, 4) is 0 Å². The molecule has 1 aliphatic rings. The molecule has 0 spiro atoms. The van der Waals surface area contributed by atoms with E-state index in [2.05, 4.69) is 10.3 Å².